The summed E-state index contributed by atoms with van der Waals surface area (Å²) in [7, 11) is 1.70. The third-order valence-electron chi connectivity index (χ3n) is 3.11. The van der Waals surface area contributed by atoms with E-state index in [1.165, 1.54) is 0 Å². The summed E-state index contributed by atoms with van der Waals surface area (Å²) in [5, 5.41) is 4.73. The molecule has 0 heterocycles. The van der Waals surface area contributed by atoms with Crippen molar-refractivity contribution in [3.8, 4) is 0 Å². The van der Waals surface area contributed by atoms with Crippen molar-refractivity contribution in [1.29, 1.82) is 0 Å². The number of hydrogen-bond acceptors (Lipinski definition) is 2. The van der Waals surface area contributed by atoms with Crippen molar-refractivity contribution in [2.24, 2.45) is 5.41 Å². The predicted octanol–water partition coefficient (Wildman–Crippen LogP) is 3.96. The molecule has 1 rings (SSSR count). The molecule has 1 unspecified atom stereocenters. The summed E-state index contributed by atoms with van der Waals surface area (Å²) < 4.78 is 5.02. The number of hydrogen-bond donors (Lipinski definition) is 1. The van der Waals surface area contributed by atoms with Crippen molar-refractivity contribution < 1.29 is 4.74 Å². The predicted molar refractivity (Wildman–Crippen MR) is 83.2 cm³/mol. The van der Waals surface area contributed by atoms with Gasteiger partial charge in [0.2, 0.25) is 0 Å². The van der Waals surface area contributed by atoms with E-state index in [9.17, 15) is 0 Å². The van der Waals surface area contributed by atoms with E-state index in [2.05, 4.69) is 18.8 Å². The molecule has 4 heteroatoms. The van der Waals surface area contributed by atoms with E-state index in [-0.39, 0.29) is 5.41 Å². The Bertz CT molecular complexity index is 423. The minimum absolute atomic E-state index is 0.0504. The molecule has 0 spiro atoms. The summed E-state index contributed by atoms with van der Waals surface area (Å²) in [5.74, 6) is 0. The number of rotatable bonds is 8. The van der Waals surface area contributed by atoms with Crippen LogP contribution < -0.4 is 5.32 Å². The van der Waals surface area contributed by atoms with Gasteiger partial charge in [-0.15, -0.1) is 6.58 Å². The van der Waals surface area contributed by atoms with Gasteiger partial charge in [-0.25, -0.2) is 0 Å². The van der Waals surface area contributed by atoms with Gasteiger partial charge >= 0.3 is 0 Å². The first kappa shape index (κ1) is 16.5. The summed E-state index contributed by atoms with van der Waals surface area (Å²) in [6.45, 7) is 8.46. The first-order valence-electron chi connectivity index (χ1n) is 6.28. The Labute approximate surface area is 125 Å². The molecule has 2 nitrogen and oxygen atoms in total. The largest absolute Gasteiger partial charge is 0.383 e. The Morgan fingerprint density at radius 2 is 2.16 bits per heavy atom. The van der Waals surface area contributed by atoms with E-state index < -0.39 is 0 Å². The second-order valence-corrected chi connectivity index (χ2v) is 5.78. The summed E-state index contributed by atoms with van der Waals surface area (Å²) in [4.78, 5) is 0. The molecule has 19 heavy (non-hydrogen) atoms. The van der Waals surface area contributed by atoms with E-state index in [1.54, 1.807) is 13.2 Å². The maximum Gasteiger partial charge on any atom is 0.0587 e. The Balaban J connectivity index is 2.66. The average molecular weight is 302 g/mol. The smallest absolute Gasteiger partial charge is 0.0587 e. The van der Waals surface area contributed by atoms with Crippen LogP contribution in [0, 0.1) is 5.41 Å². The van der Waals surface area contributed by atoms with Gasteiger partial charge in [0, 0.05) is 35.7 Å². The van der Waals surface area contributed by atoms with Crippen LogP contribution in [-0.4, -0.2) is 26.8 Å². The lowest BCUT2D eigenvalue weighted by molar-refractivity contribution is 0.196. The summed E-state index contributed by atoms with van der Waals surface area (Å²) in [5.41, 5.74) is 1.03. The number of ether oxygens (including phenoxy) is 1. The van der Waals surface area contributed by atoms with Crippen molar-refractivity contribution in [3.05, 3.63) is 46.5 Å². The molecule has 0 amide bonds. The van der Waals surface area contributed by atoms with Crippen molar-refractivity contribution in [2.75, 3.05) is 26.8 Å². The Morgan fingerprint density at radius 1 is 1.42 bits per heavy atom. The summed E-state index contributed by atoms with van der Waals surface area (Å²) in [6, 6.07) is 5.62. The van der Waals surface area contributed by atoms with Crippen LogP contribution in [0.3, 0.4) is 0 Å². The molecule has 0 saturated carbocycles. The number of benzene rings is 1. The van der Waals surface area contributed by atoms with Crippen LogP contribution in [0.15, 0.2) is 30.9 Å². The summed E-state index contributed by atoms with van der Waals surface area (Å²) in [6.07, 6.45) is 2.80. The Hall–Kier alpha value is -0.540. The Morgan fingerprint density at radius 3 is 2.74 bits per heavy atom. The normalized spacial score (nSPS) is 14.1. The standard InChI is InChI=1S/C15H21Cl2NO/c1-4-15(2,11-18-7-8-19-3)10-12-5-6-13(16)9-14(12)17/h4-6,9,18H,1,7-8,10-11H2,2-3H3. The minimum atomic E-state index is -0.0504. The van der Waals surface area contributed by atoms with Crippen LogP contribution in [0.1, 0.15) is 12.5 Å². The second kappa shape index (κ2) is 7.91. The average Bonchev–Trinajstić information content (AvgIpc) is 2.38. The zero-order valence-corrected chi connectivity index (χ0v) is 13.0. The van der Waals surface area contributed by atoms with Gasteiger partial charge in [-0.05, 0) is 24.1 Å². The summed E-state index contributed by atoms with van der Waals surface area (Å²) >= 11 is 12.1. The molecule has 0 aliphatic carbocycles. The van der Waals surface area contributed by atoms with Crippen LogP contribution in [0.2, 0.25) is 10.0 Å². The minimum Gasteiger partial charge on any atom is -0.383 e. The van der Waals surface area contributed by atoms with Crippen molar-refractivity contribution in [1.82, 2.24) is 5.32 Å². The quantitative estimate of drug-likeness (QED) is 0.579. The lowest BCUT2D eigenvalue weighted by atomic mass is 9.83. The number of nitrogens with one attached hydrogen (secondary N) is 1. The molecule has 0 aliphatic heterocycles. The monoisotopic (exact) mass is 301 g/mol. The molecular weight excluding hydrogens is 281 g/mol. The van der Waals surface area contributed by atoms with Crippen molar-refractivity contribution >= 4 is 23.2 Å². The fourth-order valence-electron chi connectivity index (χ4n) is 1.86. The molecule has 0 fully saturated rings. The maximum absolute atomic E-state index is 6.22. The van der Waals surface area contributed by atoms with Gasteiger partial charge in [-0.2, -0.15) is 0 Å². The molecule has 0 aromatic heterocycles. The molecule has 106 valence electrons. The van der Waals surface area contributed by atoms with Crippen LogP contribution in [0.25, 0.3) is 0 Å². The van der Waals surface area contributed by atoms with Gasteiger partial charge in [0.15, 0.2) is 0 Å². The van der Waals surface area contributed by atoms with E-state index in [0.717, 1.165) is 25.1 Å². The van der Waals surface area contributed by atoms with Crippen molar-refractivity contribution in [3.63, 3.8) is 0 Å². The third kappa shape index (κ3) is 5.53. The number of halogens is 2. The zero-order chi connectivity index (χ0) is 14.3. The SMILES string of the molecule is C=CC(C)(CNCCOC)Cc1ccc(Cl)cc1Cl. The molecule has 0 bridgehead atoms. The molecule has 1 N–H and O–H groups in total. The third-order valence-corrected chi connectivity index (χ3v) is 3.70. The van der Waals surface area contributed by atoms with Crippen LogP contribution in [-0.2, 0) is 11.2 Å². The van der Waals surface area contributed by atoms with E-state index in [4.69, 9.17) is 27.9 Å². The highest BCUT2D eigenvalue weighted by Gasteiger charge is 2.21. The number of methoxy groups -OCH3 is 1. The van der Waals surface area contributed by atoms with Gasteiger partial charge in [-0.3, -0.25) is 0 Å². The molecule has 0 aliphatic rings. The molecule has 1 atom stereocenters. The highest BCUT2D eigenvalue weighted by molar-refractivity contribution is 6.35. The van der Waals surface area contributed by atoms with Gasteiger partial charge in [0.05, 0.1) is 6.61 Å². The topological polar surface area (TPSA) is 21.3 Å². The van der Waals surface area contributed by atoms with Crippen LogP contribution in [0.5, 0.6) is 0 Å². The van der Waals surface area contributed by atoms with Gasteiger partial charge in [0.25, 0.3) is 0 Å². The van der Waals surface area contributed by atoms with Gasteiger partial charge in [0.1, 0.15) is 0 Å². The molecule has 0 saturated heterocycles. The second-order valence-electron chi connectivity index (χ2n) is 4.94. The Kier molecular flexibility index (Phi) is 6.87. The molecule has 0 radical (unpaired) electrons. The zero-order valence-electron chi connectivity index (χ0n) is 11.5. The van der Waals surface area contributed by atoms with Gasteiger partial charge in [-0.1, -0.05) is 42.3 Å². The van der Waals surface area contributed by atoms with Crippen molar-refractivity contribution in [2.45, 2.75) is 13.3 Å². The highest BCUT2D eigenvalue weighted by Crippen LogP contribution is 2.29. The molecular formula is C15H21Cl2NO. The maximum atomic E-state index is 6.22. The fraction of sp³-hybridized carbons (Fsp3) is 0.467. The first-order chi connectivity index (χ1) is 9.00. The fourth-order valence-corrected chi connectivity index (χ4v) is 2.33. The molecule has 1 aromatic rings. The first-order valence-corrected chi connectivity index (χ1v) is 7.03. The molecule has 1 aromatic carbocycles. The van der Waals surface area contributed by atoms with Crippen LogP contribution >= 0.6 is 23.2 Å². The van der Waals surface area contributed by atoms with Crippen LogP contribution in [0.4, 0.5) is 0 Å². The van der Waals surface area contributed by atoms with Gasteiger partial charge < -0.3 is 10.1 Å². The lowest BCUT2D eigenvalue weighted by Gasteiger charge is -2.27. The lowest BCUT2D eigenvalue weighted by Crippen LogP contribution is -2.33. The highest BCUT2D eigenvalue weighted by atomic mass is 35.5. The van der Waals surface area contributed by atoms with E-state index >= 15 is 0 Å². The van der Waals surface area contributed by atoms with E-state index in [1.807, 2.05) is 18.2 Å². The van der Waals surface area contributed by atoms with E-state index in [0.29, 0.717) is 16.7 Å².